The van der Waals surface area contributed by atoms with Crippen molar-refractivity contribution >= 4 is 11.3 Å². The van der Waals surface area contributed by atoms with Gasteiger partial charge < -0.3 is 4.74 Å². The monoisotopic (exact) mass is 420 g/mol. The molecule has 158 valence electrons. The van der Waals surface area contributed by atoms with Gasteiger partial charge in [-0.3, -0.25) is 0 Å². The summed E-state index contributed by atoms with van der Waals surface area (Å²) in [5.41, 5.74) is 3.51. The van der Waals surface area contributed by atoms with E-state index in [4.69, 9.17) is 4.74 Å². The van der Waals surface area contributed by atoms with Crippen molar-refractivity contribution in [2.45, 2.75) is 58.8 Å². The lowest BCUT2D eigenvalue weighted by atomic mass is 10.0. The second kappa shape index (κ2) is 12.3. The molecular weight excluding hydrogens is 388 g/mol. The van der Waals surface area contributed by atoms with E-state index in [1.165, 1.54) is 49.7 Å². The van der Waals surface area contributed by atoms with E-state index in [1.807, 2.05) is 31.2 Å². The first-order chi connectivity index (χ1) is 14.8. The van der Waals surface area contributed by atoms with E-state index in [2.05, 4.69) is 53.5 Å². The molecule has 3 aromatic rings. The average Bonchev–Trinajstić information content (AvgIpc) is 3.26. The van der Waals surface area contributed by atoms with Crippen LogP contribution in [0.4, 0.5) is 0 Å². The Balaban J connectivity index is 1.53. The second-order valence-electron chi connectivity index (χ2n) is 7.50. The Labute approximate surface area is 184 Å². The number of unbranched alkanes of at least 4 members (excludes halogenated alkanes) is 5. The number of aryl methyl sites for hydroxylation is 1. The maximum absolute atomic E-state index is 5.67. The molecule has 4 heteroatoms. The van der Waals surface area contributed by atoms with Crippen molar-refractivity contribution in [3.63, 3.8) is 0 Å². The van der Waals surface area contributed by atoms with Crippen LogP contribution in [0.5, 0.6) is 5.75 Å². The van der Waals surface area contributed by atoms with Crippen LogP contribution in [0.2, 0.25) is 0 Å². The Morgan fingerprint density at radius 1 is 0.800 bits per heavy atom. The lowest BCUT2D eigenvalue weighted by Crippen LogP contribution is -1.92. The summed E-state index contributed by atoms with van der Waals surface area (Å²) < 4.78 is 5.67. The third kappa shape index (κ3) is 6.81. The first kappa shape index (κ1) is 22.2. The highest BCUT2D eigenvalue weighted by Crippen LogP contribution is 2.28. The van der Waals surface area contributed by atoms with E-state index in [0.717, 1.165) is 27.7 Å². The second-order valence-corrected chi connectivity index (χ2v) is 8.56. The van der Waals surface area contributed by atoms with Gasteiger partial charge in [-0.15, -0.1) is 10.2 Å². The van der Waals surface area contributed by atoms with Gasteiger partial charge >= 0.3 is 0 Å². The molecule has 0 unspecified atom stereocenters. The van der Waals surface area contributed by atoms with Gasteiger partial charge in [-0.25, -0.2) is 0 Å². The Kier molecular flexibility index (Phi) is 9.10. The maximum atomic E-state index is 5.67. The highest BCUT2D eigenvalue weighted by atomic mass is 32.1. The smallest absolute Gasteiger partial charge is 0.147 e. The molecule has 0 radical (unpaired) electrons. The fraction of sp³-hybridized carbons (Fsp3) is 0.385. The Bertz CT molecular complexity index is 898. The highest BCUT2D eigenvalue weighted by molar-refractivity contribution is 7.14. The van der Waals surface area contributed by atoms with Crippen molar-refractivity contribution in [3.8, 4) is 27.4 Å². The SMILES string of the molecule is CC=CCOc1ccc(-c2ccc(-c3nnc(CCCCCCCC)s3)cc2)cc1. The molecule has 0 spiro atoms. The number of allylic oxidation sites excluding steroid dienone is 1. The minimum Gasteiger partial charge on any atom is -0.490 e. The van der Waals surface area contributed by atoms with Gasteiger partial charge in [-0.1, -0.05) is 98.9 Å². The minimum atomic E-state index is 0.604. The molecular formula is C26H32N2OS. The fourth-order valence-electron chi connectivity index (χ4n) is 3.32. The topological polar surface area (TPSA) is 35.0 Å². The molecule has 0 aliphatic heterocycles. The van der Waals surface area contributed by atoms with E-state index in [1.54, 1.807) is 11.3 Å². The van der Waals surface area contributed by atoms with Gasteiger partial charge in [-0.2, -0.15) is 0 Å². The van der Waals surface area contributed by atoms with Crippen molar-refractivity contribution in [1.82, 2.24) is 10.2 Å². The molecule has 1 heterocycles. The van der Waals surface area contributed by atoms with Crippen LogP contribution >= 0.6 is 11.3 Å². The number of hydrogen-bond acceptors (Lipinski definition) is 4. The first-order valence-corrected chi connectivity index (χ1v) is 11.9. The number of benzene rings is 2. The molecule has 0 aliphatic rings. The van der Waals surface area contributed by atoms with Crippen LogP contribution < -0.4 is 4.74 Å². The average molecular weight is 421 g/mol. The Hall–Kier alpha value is -2.46. The van der Waals surface area contributed by atoms with Crippen molar-refractivity contribution < 1.29 is 4.74 Å². The third-order valence-electron chi connectivity index (χ3n) is 5.11. The fourth-order valence-corrected chi connectivity index (χ4v) is 4.20. The zero-order valence-corrected chi connectivity index (χ0v) is 19.0. The number of ether oxygens (including phenoxy) is 1. The molecule has 0 fully saturated rings. The molecule has 0 amide bonds. The largest absolute Gasteiger partial charge is 0.490 e. The molecule has 0 saturated carbocycles. The van der Waals surface area contributed by atoms with Crippen LogP contribution in [0, 0.1) is 0 Å². The number of hydrogen-bond donors (Lipinski definition) is 0. The van der Waals surface area contributed by atoms with Crippen LogP contribution in [0.25, 0.3) is 21.7 Å². The lowest BCUT2D eigenvalue weighted by molar-refractivity contribution is 0.363. The maximum Gasteiger partial charge on any atom is 0.147 e. The van der Waals surface area contributed by atoms with Gasteiger partial charge in [-0.05, 0) is 36.6 Å². The molecule has 1 aromatic heterocycles. The molecule has 0 aliphatic carbocycles. The van der Waals surface area contributed by atoms with Crippen LogP contribution in [-0.2, 0) is 6.42 Å². The van der Waals surface area contributed by atoms with E-state index in [-0.39, 0.29) is 0 Å². The number of rotatable bonds is 12. The molecule has 3 rings (SSSR count). The highest BCUT2D eigenvalue weighted by Gasteiger charge is 2.07. The van der Waals surface area contributed by atoms with Gasteiger partial charge in [0.25, 0.3) is 0 Å². The van der Waals surface area contributed by atoms with Crippen LogP contribution in [0.15, 0.2) is 60.7 Å². The Morgan fingerprint density at radius 2 is 1.43 bits per heavy atom. The molecule has 0 saturated heterocycles. The van der Waals surface area contributed by atoms with Crippen LogP contribution in [-0.4, -0.2) is 16.8 Å². The van der Waals surface area contributed by atoms with Crippen molar-refractivity contribution in [1.29, 1.82) is 0 Å². The van der Waals surface area contributed by atoms with E-state index in [0.29, 0.717) is 6.61 Å². The normalized spacial score (nSPS) is 11.3. The summed E-state index contributed by atoms with van der Waals surface area (Å²) in [6.45, 7) is 4.86. The van der Waals surface area contributed by atoms with Gasteiger partial charge in [0.15, 0.2) is 0 Å². The quantitative estimate of drug-likeness (QED) is 0.222. The molecule has 2 aromatic carbocycles. The predicted octanol–water partition coefficient (Wildman–Crippen LogP) is 7.73. The van der Waals surface area contributed by atoms with Crippen LogP contribution in [0.1, 0.15) is 57.4 Å². The summed E-state index contributed by atoms with van der Waals surface area (Å²) in [6.07, 6.45) is 12.9. The van der Waals surface area contributed by atoms with Gasteiger partial charge in [0, 0.05) is 12.0 Å². The standard InChI is InChI=1S/C26H32N2OS/c1-3-5-7-8-9-10-11-25-27-28-26(30-25)23-14-12-21(13-15-23)22-16-18-24(19-17-22)29-20-6-4-2/h4,6,12-19H,3,5,7-11,20H2,1-2H3. The summed E-state index contributed by atoms with van der Waals surface area (Å²) >= 11 is 1.72. The first-order valence-electron chi connectivity index (χ1n) is 11.1. The van der Waals surface area contributed by atoms with Crippen molar-refractivity contribution in [2.75, 3.05) is 6.61 Å². The van der Waals surface area contributed by atoms with E-state index in [9.17, 15) is 0 Å². The zero-order chi connectivity index (χ0) is 21.0. The lowest BCUT2D eigenvalue weighted by Gasteiger charge is -2.06. The zero-order valence-electron chi connectivity index (χ0n) is 18.1. The molecule has 0 atom stereocenters. The Morgan fingerprint density at radius 3 is 2.13 bits per heavy atom. The third-order valence-corrected chi connectivity index (χ3v) is 6.14. The molecule has 3 nitrogen and oxygen atoms in total. The van der Waals surface area contributed by atoms with E-state index >= 15 is 0 Å². The van der Waals surface area contributed by atoms with Crippen molar-refractivity contribution in [2.24, 2.45) is 0 Å². The summed E-state index contributed by atoms with van der Waals surface area (Å²) in [6, 6.07) is 16.8. The van der Waals surface area contributed by atoms with Gasteiger partial charge in [0.2, 0.25) is 0 Å². The molecule has 30 heavy (non-hydrogen) atoms. The van der Waals surface area contributed by atoms with Gasteiger partial charge in [0.1, 0.15) is 22.4 Å². The van der Waals surface area contributed by atoms with Gasteiger partial charge in [0.05, 0.1) is 0 Å². The number of nitrogens with zero attached hydrogens (tertiary/aromatic N) is 2. The van der Waals surface area contributed by atoms with E-state index < -0.39 is 0 Å². The van der Waals surface area contributed by atoms with Crippen LogP contribution in [0.3, 0.4) is 0 Å². The summed E-state index contributed by atoms with van der Waals surface area (Å²) in [7, 11) is 0. The minimum absolute atomic E-state index is 0.604. The predicted molar refractivity (Wildman–Crippen MR) is 128 cm³/mol. The van der Waals surface area contributed by atoms with Crippen molar-refractivity contribution in [3.05, 3.63) is 65.7 Å². The molecule has 0 bridgehead atoms. The summed E-state index contributed by atoms with van der Waals surface area (Å²) in [5.74, 6) is 0.889. The molecule has 0 N–H and O–H groups in total. The number of aromatic nitrogens is 2. The summed E-state index contributed by atoms with van der Waals surface area (Å²) in [4.78, 5) is 0. The summed E-state index contributed by atoms with van der Waals surface area (Å²) in [5, 5.41) is 11.0.